The van der Waals surface area contributed by atoms with Gasteiger partial charge >= 0.3 is 0 Å². The number of amides is 1. The van der Waals surface area contributed by atoms with Gasteiger partial charge in [-0.05, 0) is 20.9 Å². The average Bonchev–Trinajstić information content (AvgIpc) is 2.34. The van der Waals surface area contributed by atoms with Gasteiger partial charge in [-0.25, -0.2) is 0 Å². The van der Waals surface area contributed by atoms with E-state index in [9.17, 15) is 4.79 Å². The lowest BCUT2D eigenvalue weighted by molar-refractivity contribution is -0.127. The maximum Gasteiger partial charge on any atom is 0.227 e. The quantitative estimate of drug-likeness (QED) is 0.555. The summed E-state index contributed by atoms with van der Waals surface area (Å²) in [5, 5.41) is 3.01. The molecule has 2 aliphatic rings. The Morgan fingerprint density at radius 1 is 1.67 bits per heavy atom. The third kappa shape index (κ3) is 0.829. The third-order valence-electron chi connectivity index (χ3n) is 3.41. The molecule has 0 aromatic rings. The largest absolute Gasteiger partial charge is 0.353 e. The van der Waals surface area contributed by atoms with E-state index < -0.39 is 0 Å². The molecule has 0 saturated carbocycles. The van der Waals surface area contributed by atoms with Crippen LogP contribution in [-0.4, -0.2) is 37.0 Å². The minimum absolute atomic E-state index is 0.117. The molecular formula is C9H16N2O. The summed E-state index contributed by atoms with van der Waals surface area (Å²) in [5.74, 6) is 0.749. The van der Waals surface area contributed by atoms with Gasteiger partial charge in [0.2, 0.25) is 5.91 Å². The summed E-state index contributed by atoms with van der Waals surface area (Å²) < 4.78 is 0. The molecule has 2 saturated heterocycles. The van der Waals surface area contributed by atoms with Crippen LogP contribution in [0.15, 0.2) is 0 Å². The number of rotatable bonds is 0. The monoisotopic (exact) mass is 168 g/mol. The van der Waals surface area contributed by atoms with E-state index in [4.69, 9.17) is 0 Å². The zero-order chi connectivity index (χ0) is 8.93. The van der Waals surface area contributed by atoms with Crippen molar-refractivity contribution in [2.24, 2.45) is 11.3 Å². The van der Waals surface area contributed by atoms with Crippen molar-refractivity contribution in [3.05, 3.63) is 0 Å². The molecule has 0 spiro atoms. The fourth-order valence-electron chi connectivity index (χ4n) is 2.70. The molecule has 1 amide bonds. The van der Waals surface area contributed by atoms with Crippen molar-refractivity contribution in [2.45, 2.75) is 19.9 Å². The van der Waals surface area contributed by atoms with Crippen molar-refractivity contribution in [2.75, 3.05) is 20.1 Å². The fraction of sp³-hybridized carbons (Fsp3) is 0.889. The molecule has 0 aromatic carbocycles. The van der Waals surface area contributed by atoms with Crippen LogP contribution in [0.3, 0.4) is 0 Å². The maximum absolute atomic E-state index is 11.6. The zero-order valence-corrected chi connectivity index (χ0v) is 7.92. The molecule has 2 fully saturated rings. The Hall–Kier alpha value is -0.570. The number of carbonyl (C=O) groups excluding carboxylic acids is 1. The summed E-state index contributed by atoms with van der Waals surface area (Å²) in [6, 6.07) is 0.354. The Bertz CT molecular complexity index is 229. The molecule has 3 atom stereocenters. The van der Waals surface area contributed by atoms with Crippen LogP contribution >= 0.6 is 0 Å². The maximum atomic E-state index is 11.6. The molecule has 68 valence electrons. The van der Waals surface area contributed by atoms with Gasteiger partial charge in [0.05, 0.1) is 5.41 Å². The summed E-state index contributed by atoms with van der Waals surface area (Å²) in [5.41, 5.74) is -0.117. The van der Waals surface area contributed by atoms with Crippen molar-refractivity contribution in [3.63, 3.8) is 0 Å². The van der Waals surface area contributed by atoms with E-state index in [1.165, 1.54) is 0 Å². The van der Waals surface area contributed by atoms with E-state index in [0.717, 1.165) is 13.1 Å². The minimum Gasteiger partial charge on any atom is -0.353 e. The summed E-state index contributed by atoms with van der Waals surface area (Å²) >= 11 is 0. The number of hydrogen-bond acceptors (Lipinski definition) is 2. The predicted octanol–water partition coefficient (Wildman–Crippen LogP) is 0.0726. The third-order valence-corrected chi connectivity index (χ3v) is 3.41. The first-order valence-electron chi connectivity index (χ1n) is 4.53. The smallest absolute Gasteiger partial charge is 0.227 e. The molecule has 3 unspecified atom stereocenters. The van der Waals surface area contributed by atoms with E-state index in [0.29, 0.717) is 12.0 Å². The first kappa shape index (κ1) is 8.05. The lowest BCUT2D eigenvalue weighted by Gasteiger charge is -2.19. The van der Waals surface area contributed by atoms with Gasteiger partial charge in [0, 0.05) is 25.0 Å². The number of likely N-dealkylation sites (tertiary alicyclic amines) is 1. The molecule has 3 heteroatoms. The molecule has 0 radical (unpaired) electrons. The molecule has 0 aromatic heterocycles. The van der Waals surface area contributed by atoms with E-state index in [1.807, 2.05) is 0 Å². The fourth-order valence-corrected chi connectivity index (χ4v) is 2.70. The van der Waals surface area contributed by atoms with Crippen LogP contribution in [0.1, 0.15) is 13.8 Å². The van der Waals surface area contributed by atoms with Crippen molar-refractivity contribution in [1.82, 2.24) is 10.2 Å². The average molecular weight is 168 g/mol. The van der Waals surface area contributed by atoms with E-state index in [2.05, 4.69) is 31.1 Å². The molecule has 3 nitrogen and oxygen atoms in total. The molecule has 2 aliphatic heterocycles. The van der Waals surface area contributed by atoms with Gasteiger partial charge in [-0.15, -0.1) is 0 Å². The first-order valence-corrected chi connectivity index (χ1v) is 4.53. The summed E-state index contributed by atoms with van der Waals surface area (Å²) in [4.78, 5) is 13.8. The Morgan fingerprint density at radius 3 is 2.92 bits per heavy atom. The van der Waals surface area contributed by atoms with Crippen LogP contribution in [0.2, 0.25) is 0 Å². The Kier molecular flexibility index (Phi) is 1.49. The van der Waals surface area contributed by atoms with Crippen molar-refractivity contribution >= 4 is 5.91 Å². The molecule has 1 N–H and O–H groups in total. The van der Waals surface area contributed by atoms with Crippen LogP contribution in [0.5, 0.6) is 0 Å². The van der Waals surface area contributed by atoms with Gasteiger partial charge in [0.1, 0.15) is 0 Å². The zero-order valence-electron chi connectivity index (χ0n) is 7.92. The Balaban J connectivity index is 2.30. The van der Waals surface area contributed by atoms with Crippen LogP contribution in [-0.2, 0) is 4.79 Å². The van der Waals surface area contributed by atoms with Gasteiger partial charge < -0.3 is 10.2 Å². The second-order valence-corrected chi connectivity index (χ2v) is 4.48. The molecule has 0 bridgehead atoms. The normalized spacial score (nSPS) is 47.8. The van der Waals surface area contributed by atoms with Crippen molar-refractivity contribution in [1.29, 1.82) is 0 Å². The van der Waals surface area contributed by atoms with Gasteiger partial charge in [-0.1, -0.05) is 0 Å². The second kappa shape index (κ2) is 2.22. The lowest BCUT2D eigenvalue weighted by Crippen LogP contribution is -2.34. The second-order valence-electron chi connectivity index (χ2n) is 4.48. The molecule has 2 heterocycles. The number of carbonyl (C=O) groups is 1. The molecular weight excluding hydrogens is 152 g/mol. The van der Waals surface area contributed by atoms with Gasteiger partial charge in [0.15, 0.2) is 0 Å². The highest BCUT2D eigenvalue weighted by atomic mass is 16.2. The number of nitrogens with one attached hydrogen (secondary N) is 1. The summed E-state index contributed by atoms with van der Waals surface area (Å²) in [6.07, 6.45) is 0. The molecule has 0 aliphatic carbocycles. The summed E-state index contributed by atoms with van der Waals surface area (Å²) in [6.45, 7) is 6.15. The number of fused-ring (bicyclic) bond motifs is 1. The van der Waals surface area contributed by atoms with Crippen LogP contribution < -0.4 is 5.32 Å². The van der Waals surface area contributed by atoms with E-state index >= 15 is 0 Å². The minimum atomic E-state index is -0.117. The predicted molar refractivity (Wildman–Crippen MR) is 46.7 cm³/mol. The SMILES string of the molecule is CC1NC(=O)C2(C)CN(C)CC12. The number of nitrogens with zero attached hydrogens (tertiary/aromatic N) is 1. The van der Waals surface area contributed by atoms with Crippen LogP contribution in [0.4, 0.5) is 0 Å². The van der Waals surface area contributed by atoms with Gasteiger partial charge in [0.25, 0.3) is 0 Å². The van der Waals surface area contributed by atoms with Gasteiger partial charge in [-0.3, -0.25) is 4.79 Å². The standard InChI is InChI=1S/C9H16N2O/c1-6-7-4-11(3)5-9(7,2)8(12)10-6/h6-7H,4-5H2,1-3H3,(H,10,12). The Morgan fingerprint density at radius 2 is 2.33 bits per heavy atom. The Labute approximate surface area is 73.1 Å². The van der Waals surface area contributed by atoms with E-state index in [-0.39, 0.29) is 11.3 Å². The molecule has 12 heavy (non-hydrogen) atoms. The molecule has 2 rings (SSSR count). The highest BCUT2D eigenvalue weighted by molar-refractivity contribution is 5.86. The summed E-state index contributed by atoms with van der Waals surface area (Å²) in [7, 11) is 2.09. The topological polar surface area (TPSA) is 32.3 Å². The van der Waals surface area contributed by atoms with Crippen LogP contribution in [0, 0.1) is 11.3 Å². The highest BCUT2D eigenvalue weighted by Gasteiger charge is 2.54. The number of hydrogen-bond donors (Lipinski definition) is 1. The lowest BCUT2D eigenvalue weighted by atomic mass is 9.80. The van der Waals surface area contributed by atoms with Crippen LogP contribution in [0.25, 0.3) is 0 Å². The van der Waals surface area contributed by atoms with E-state index in [1.54, 1.807) is 0 Å². The first-order chi connectivity index (χ1) is 5.54. The van der Waals surface area contributed by atoms with Crippen molar-refractivity contribution in [3.8, 4) is 0 Å². The highest BCUT2D eigenvalue weighted by Crippen LogP contribution is 2.41. The van der Waals surface area contributed by atoms with Crippen molar-refractivity contribution < 1.29 is 4.79 Å². The van der Waals surface area contributed by atoms with Gasteiger partial charge in [-0.2, -0.15) is 0 Å².